The van der Waals surface area contributed by atoms with Crippen LogP contribution in [0.1, 0.15) is 10.4 Å². The quantitative estimate of drug-likeness (QED) is 0.801. The average molecular weight is 355 g/mol. The van der Waals surface area contributed by atoms with Gasteiger partial charge in [-0.15, -0.1) is 11.8 Å². The molecule has 2 aromatic rings. The first-order valence-corrected chi connectivity index (χ1v) is 7.97. The van der Waals surface area contributed by atoms with Gasteiger partial charge in [0.15, 0.2) is 0 Å². The molecule has 0 aliphatic heterocycles. The number of nitrogens with two attached hydrogens (primary N) is 1. The molecular formula is C15H12Cl2N2O2S. The Kier molecular flexibility index (Phi) is 5.71. The summed E-state index contributed by atoms with van der Waals surface area (Å²) in [6, 6.07) is 11.7. The third-order valence-corrected chi connectivity index (χ3v) is 4.15. The SMILES string of the molecule is NC(=O)CSc1ccccc1C(=O)Nc1cc(Cl)cc(Cl)c1. The van der Waals surface area contributed by atoms with Crippen molar-refractivity contribution in [2.24, 2.45) is 5.73 Å². The third kappa shape index (κ3) is 4.66. The van der Waals surface area contributed by atoms with Crippen molar-refractivity contribution in [3.05, 3.63) is 58.1 Å². The molecule has 0 aliphatic rings. The Bertz CT molecular complexity index is 702. The van der Waals surface area contributed by atoms with Crippen LogP contribution in [-0.4, -0.2) is 17.6 Å². The summed E-state index contributed by atoms with van der Waals surface area (Å²) in [6.45, 7) is 0. The number of hydrogen-bond acceptors (Lipinski definition) is 3. The van der Waals surface area contributed by atoms with Gasteiger partial charge in [-0.05, 0) is 30.3 Å². The van der Waals surface area contributed by atoms with Gasteiger partial charge in [0, 0.05) is 20.6 Å². The van der Waals surface area contributed by atoms with Crippen molar-refractivity contribution in [2.75, 3.05) is 11.1 Å². The third-order valence-electron chi connectivity index (χ3n) is 2.62. The molecule has 0 fully saturated rings. The van der Waals surface area contributed by atoms with Gasteiger partial charge in [0.25, 0.3) is 5.91 Å². The Balaban J connectivity index is 2.20. The summed E-state index contributed by atoms with van der Waals surface area (Å²) in [5, 5.41) is 3.59. The maximum Gasteiger partial charge on any atom is 0.256 e. The van der Waals surface area contributed by atoms with Crippen LogP contribution < -0.4 is 11.1 Å². The molecule has 0 saturated carbocycles. The van der Waals surface area contributed by atoms with Crippen LogP contribution in [0.4, 0.5) is 5.69 Å². The van der Waals surface area contributed by atoms with Crippen molar-refractivity contribution in [1.82, 2.24) is 0 Å². The van der Waals surface area contributed by atoms with E-state index in [4.69, 9.17) is 28.9 Å². The van der Waals surface area contributed by atoms with Gasteiger partial charge in [-0.25, -0.2) is 0 Å². The van der Waals surface area contributed by atoms with E-state index in [9.17, 15) is 9.59 Å². The average Bonchev–Trinajstić information content (AvgIpc) is 2.44. The fraction of sp³-hybridized carbons (Fsp3) is 0.0667. The van der Waals surface area contributed by atoms with Crippen LogP contribution in [0, 0.1) is 0 Å². The van der Waals surface area contributed by atoms with Crippen LogP contribution in [0.15, 0.2) is 47.4 Å². The van der Waals surface area contributed by atoms with E-state index in [1.165, 1.54) is 11.8 Å². The number of rotatable bonds is 5. The standard InChI is InChI=1S/C15H12Cl2N2O2S/c16-9-5-10(17)7-11(6-9)19-15(21)12-3-1-2-4-13(12)22-8-14(18)20/h1-7H,8H2,(H2,18,20)(H,19,21). The molecule has 2 aromatic carbocycles. The Morgan fingerprint density at radius 1 is 1.09 bits per heavy atom. The zero-order chi connectivity index (χ0) is 16.1. The molecule has 22 heavy (non-hydrogen) atoms. The summed E-state index contributed by atoms with van der Waals surface area (Å²) in [5.74, 6) is -0.652. The molecule has 0 aliphatic carbocycles. The van der Waals surface area contributed by atoms with E-state index in [2.05, 4.69) is 5.32 Å². The predicted molar refractivity (Wildman–Crippen MR) is 90.8 cm³/mol. The minimum absolute atomic E-state index is 0.104. The molecule has 3 N–H and O–H groups in total. The van der Waals surface area contributed by atoms with Gasteiger partial charge in [-0.2, -0.15) is 0 Å². The van der Waals surface area contributed by atoms with Gasteiger partial charge in [-0.1, -0.05) is 35.3 Å². The number of benzene rings is 2. The molecule has 0 saturated heterocycles. The first-order valence-electron chi connectivity index (χ1n) is 6.23. The van der Waals surface area contributed by atoms with Crippen molar-refractivity contribution >= 4 is 52.5 Å². The maximum atomic E-state index is 12.4. The highest BCUT2D eigenvalue weighted by molar-refractivity contribution is 8.00. The van der Waals surface area contributed by atoms with Crippen LogP contribution in [0.2, 0.25) is 10.0 Å². The van der Waals surface area contributed by atoms with Crippen molar-refractivity contribution in [3.63, 3.8) is 0 Å². The minimum Gasteiger partial charge on any atom is -0.369 e. The van der Waals surface area contributed by atoms with E-state index in [1.54, 1.807) is 42.5 Å². The summed E-state index contributed by atoms with van der Waals surface area (Å²) >= 11 is 13.0. The molecule has 2 amide bonds. The van der Waals surface area contributed by atoms with E-state index in [1.807, 2.05) is 0 Å². The molecule has 0 heterocycles. The molecule has 0 radical (unpaired) electrons. The predicted octanol–water partition coefficient (Wildman–Crippen LogP) is 3.82. The largest absolute Gasteiger partial charge is 0.369 e. The van der Waals surface area contributed by atoms with Crippen molar-refractivity contribution in [2.45, 2.75) is 4.90 Å². The fourth-order valence-electron chi connectivity index (χ4n) is 1.75. The molecule has 7 heteroatoms. The highest BCUT2D eigenvalue weighted by Crippen LogP contribution is 2.25. The van der Waals surface area contributed by atoms with E-state index in [0.717, 1.165) is 0 Å². The van der Waals surface area contributed by atoms with Gasteiger partial charge in [0.1, 0.15) is 0 Å². The Morgan fingerprint density at radius 3 is 2.36 bits per heavy atom. The molecule has 0 aromatic heterocycles. The first kappa shape index (κ1) is 16.7. The number of carbonyl (C=O) groups excluding carboxylic acids is 2. The molecule has 0 spiro atoms. The van der Waals surface area contributed by atoms with Crippen LogP contribution in [-0.2, 0) is 4.79 Å². The highest BCUT2D eigenvalue weighted by atomic mass is 35.5. The lowest BCUT2D eigenvalue weighted by molar-refractivity contribution is -0.115. The highest BCUT2D eigenvalue weighted by Gasteiger charge is 2.13. The fourth-order valence-corrected chi connectivity index (χ4v) is 3.07. The maximum absolute atomic E-state index is 12.4. The topological polar surface area (TPSA) is 72.2 Å². The second kappa shape index (κ2) is 7.54. The number of hydrogen-bond donors (Lipinski definition) is 2. The summed E-state index contributed by atoms with van der Waals surface area (Å²) in [5.41, 5.74) is 6.08. The van der Waals surface area contributed by atoms with Crippen LogP contribution in [0.25, 0.3) is 0 Å². The number of amides is 2. The lowest BCUT2D eigenvalue weighted by Crippen LogP contribution is -2.15. The van der Waals surface area contributed by atoms with Crippen LogP contribution in [0.3, 0.4) is 0 Å². The summed E-state index contributed by atoms with van der Waals surface area (Å²) in [6.07, 6.45) is 0. The summed E-state index contributed by atoms with van der Waals surface area (Å²) in [4.78, 5) is 23.9. The Morgan fingerprint density at radius 2 is 1.73 bits per heavy atom. The van der Waals surface area contributed by atoms with Gasteiger partial charge in [0.2, 0.25) is 5.91 Å². The van der Waals surface area contributed by atoms with E-state index >= 15 is 0 Å². The number of halogens is 2. The van der Waals surface area contributed by atoms with E-state index in [-0.39, 0.29) is 11.7 Å². The van der Waals surface area contributed by atoms with E-state index in [0.29, 0.717) is 26.2 Å². The monoisotopic (exact) mass is 354 g/mol. The van der Waals surface area contributed by atoms with Gasteiger partial charge >= 0.3 is 0 Å². The number of anilines is 1. The second-order valence-corrected chi connectivity index (χ2v) is 6.25. The summed E-state index contributed by atoms with van der Waals surface area (Å²) in [7, 11) is 0. The minimum atomic E-state index is -0.443. The molecular weight excluding hydrogens is 343 g/mol. The summed E-state index contributed by atoms with van der Waals surface area (Å²) < 4.78 is 0. The van der Waals surface area contributed by atoms with Crippen LogP contribution in [0.5, 0.6) is 0 Å². The van der Waals surface area contributed by atoms with Gasteiger partial charge in [0.05, 0.1) is 11.3 Å². The van der Waals surface area contributed by atoms with Crippen molar-refractivity contribution < 1.29 is 9.59 Å². The zero-order valence-corrected chi connectivity index (χ0v) is 13.6. The van der Waals surface area contributed by atoms with Crippen LogP contribution >= 0.6 is 35.0 Å². The molecule has 0 bridgehead atoms. The number of thioether (sulfide) groups is 1. The number of nitrogens with one attached hydrogen (secondary N) is 1. The molecule has 2 rings (SSSR count). The lowest BCUT2D eigenvalue weighted by atomic mass is 10.2. The molecule has 4 nitrogen and oxygen atoms in total. The van der Waals surface area contributed by atoms with Crippen molar-refractivity contribution in [3.8, 4) is 0 Å². The normalized spacial score (nSPS) is 10.3. The molecule has 114 valence electrons. The number of primary amides is 1. The van der Waals surface area contributed by atoms with Crippen molar-refractivity contribution in [1.29, 1.82) is 0 Å². The van der Waals surface area contributed by atoms with Gasteiger partial charge < -0.3 is 11.1 Å². The molecule has 0 atom stereocenters. The number of carbonyl (C=O) groups is 2. The Hall–Kier alpha value is -1.69. The van der Waals surface area contributed by atoms with E-state index < -0.39 is 5.91 Å². The zero-order valence-electron chi connectivity index (χ0n) is 11.3. The molecule has 0 unspecified atom stereocenters. The lowest BCUT2D eigenvalue weighted by Gasteiger charge is -2.10. The first-order chi connectivity index (χ1) is 10.5. The smallest absolute Gasteiger partial charge is 0.256 e. The van der Waals surface area contributed by atoms with Gasteiger partial charge in [-0.3, -0.25) is 9.59 Å². The Labute approximate surface area is 142 Å². The second-order valence-electron chi connectivity index (χ2n) is 4.36.